The molecule has 7 nitrogen and oxygen atoms in total. The van der Waals surface area contributed by atoms with Gasteiger partial charge in [-0.15, -0.1) is 11.3 Å². The van der Waals surface area contributed by atoms with Gasteiger partial charge in [-0.05, 0) is 12.1 Å². The molecule has 1 aromatic heterocycles. The third-order valence-electron chi connectivity index (χ3n) is 2.70. The molecule has 24 heavy (non-hydrogen) atoms. The van der Waals surface area contributed by atoms with E-state index in [4.69, 9.17) is 5.11 Å². The lowest BCUT2D eigenvalue weighted by atomic mass is 10.2. The van der Waals surface area contributed by atoms with Crippen LogP contribution in [0.5, 0.6) is 0 Å². The molecule has 0 fully saturated rings. The molecule has 0 bridgehead atoms. The number of anilines is 2. The van der Waals surface area contributed by atoms with Crippen LogP contribution in [0.1, 0.15) is 17.3 Å². The molecule has 0 unspecified atom stereocenters. The SMILES string of the molecule is CC(=O)Nc1cc(NS(=O)(=O)c2cc(C(=O)O)cs2)c(F)cc1F. The van der Waals surface area contributed by atoms with Gasteiger partial charge in [0, 0.05) is 18.4 Å². The van der Waals surface area contributed by atoms with Crippen LogP contribution in [0.25, 0.3) is 0 Å². The second-order valence-electron chi connectivity index (χ2n) is 4.56. The molecular formula is C13H10F2N2O5S2. The quantitative estimate of drug-likeness (QED) is 0.742. The second-order valence-corrected chi connectivity index (χ2v) is 7.38. The number of aromatic carboxylic acids is 1. The van der Waals surface area contributed by atoms with Gasteiger partial charge in [-0.3, -0.25) is 9.52 Å². The molecule has 0 radical (unpaired) electrons. The van der Waals surface area contributed by atoms with E-state index in [0.29, 0.717) is 17.4 Å². The number of amides is 1. The van der Waals surface area contributed by atoms with Crippen molar-refractivity contribution in [3.8, 4) is 0 Å². The minimum Gasteiger partial charge on any atom is -0.478 e. The normalized spacial score (nSPS) is 11.1. The third kappa shape index (κ3) is 3.86. The third-order valence-corrected chi connectivity index (χ3v) is 5.50. The molecule has 0 aliphatic carbocycles. The van der Waals surface area contributed by atoms with Crippen LogP contribution in [0.15, 0.2) is 27.8 Å². The Morgan fingerprint density at radius 1 is 1.12 bits per heavy atom. The van der Waals surface area contributed by atoms with Gasteiger partial charge in [0.2, 0.25) is 5.91 Å². The van der Waals surface area contributed by atoms with Crippen LogP contribution in [0.4, 0.5) is 20.2 Å². The van der Waals surface area contributed by atoms with E-state index in [1.54, 1.807) is 0 Å². The fourth-order valence-corrected chi connectivity index (χ4v) is 3.89. The zero-order valence-electron chi connectivity index (χ0n) is 12.0. The van der Waals surface area contributed by atoms with Gasteiger partial charge in [0.15, 0.2) is 0 Å². The van der Waals surface area contributed by atoms with E-state index in [-0.39, 0.29) is 9.77 Å². The van der Waals surface area contributed by atoms with Crippen LogP contribution in [-0.4, -0.2) is 25.4 Å². The molecule has 3 N–H and O–H groups in total. The van der Waals surface area contributed by atoms with Crippen molar-refractivity contribution in [1.29, 1.82) is 0 Å². The molecule has 1 amide bonds. The van der Waals surface area contributed by atoms with Crippen molar-refractivity contribution >= 4 is 44.6 Å². The van der Waals surface area contributed by atoms with Crippen molar-refractivity contribution in [1.82, 2.24) is 0 Å². The summed E-state index contributed by atoms with van der Waals surface area (Å²) in [6, 6.07) is 2.11. The lowest BCUT2D eigenvalue weighted by Crippen LogP contribution is -2.14. The molecule has 0 saturated heterocycles. The predicted molar refractivity (Wildman–Crippen MR) is 82.7 cm³/mol. The fraction of sp³-hybridized carbons (Fsp3) is 0.0769. The summed E-state index contributed by atoms with van der Waals surface area (Å²) in [5.41, 5.74) is -1.23. The Labute approximate surface area is 139 Å². The standard InChI is InChI=1S/C13H10F2N2O5S2/c1-6(18)16-10-4-11(9(15)3-8(10)14)17-24(21,22)12-2-7(5-23-12)13(19)20/h2-5,17H,1H3,(H,16,18)(H,19,20). The maximum absolute atomic E-state index is 13.8. The van der Waals surface area contributed by atoms with Crippen molar-refractivity contribution in [3.05, 3.63) is 40.8 Å². The summed E-state index contributed by atoms with van der Waals surface area (Å²) in [5.74, 6) is -4.21. The summed E-state index contributed by atoms with van der Waals surface area (Å²) in [5, 5.41) is 12.0. The highest BCUT2D eigenvalue weighted by Crippen LogP contribution is 2.28. The number of carboxylic acid groups (broad SMARTS) is 1. The van der Waals surface area contributed by atoms with Gasteiger partial charge in [-0.1, -0.05) is 0 Å². The lowest BCUT2D eigenvalue weighted by Gasteiger charge is -2.10. The Bertz CT molecular complexity index is 924. The van der Waals surface area contributed by atoms with E-state index < -0.39 is 44.9 Å². The first-order chi connectivity index (χ1) is 11.1. The molecule has 2 rings (SSSR count). The summed E-state index contributed by atoms with van der Waals surface area (Å²) < 4.78 is 53.2. The second kappa shape index (κ2) is 6.53. The van der Waals surface area contributed by atoms with Crippen molar-refractivity contribution < 1.29 is 31.9 Å². The van der Waals surface area contributed by atoms with E-state index >= 15 is 0 Å². The maximum atomic E-state index is 13.8. The molecule has 0 atom stereocenters. The highest BCUT2D eigenvalue weighted by Gasteiger charge is 2.21. The smallest absolute Gasteiger partial charge is 0.336 e. The lowest BCUT2D eigenvalue weighted by molar-refractivity contribution is -0.114. The van der Waals surface area contributed by atoms with Crippen molar-refractivity contribution in [2.24, 2.45) is 0 Å². The minimum atomic E-state index is -4.28. The largest absolute Gasteiger partial charge is 0.478 e. The van der Waals surface area contributed by atoms with Gasteiger partial charge < -0.3 is 10.4 Å². The Hall–Kier alpha value is -2.53. The van der Waals surface area contributed by atoms with Gasteiger partial charge in [0.05, 0.1) is 16.9 Å². The summed E-state index contributed by atoms with van der Waals surface area (Å²) in [6.45, 7) is 1.10. The number of carboxylic acids is 1. The number of rotatable bonds is 5. The molecule has 1 heterocycles. The van der Waals surface area contributed by atoms with Crippen LogP contribution < -0.4 is 10.0 Å². The van der Waals surface area contributed by atoms with E-state index in [0.717, 1.165) is 24.4 Å². The molecular weight excluding hydrogens is 366 g/mol. The van der Waals surface area contributed by atoms with Crippen molar-refractivity contribution in [2.45, 2.75) is 11.1 Å². The fourth-order valence-electron chi connectivity index (χ4n) is 1.68. The Morgan fingerprint density at radius 2 is 1.75 bits per heavy atom. The van der Waals surface area contributed by atoms with Crippen LogP contribution in [-0.2, 0) is 14.8 Å². The Kier molecular flexibility index (Phi) is 4.85. The number of carbonyl (C=O) groups excluding carboxylic acids is 1. The van der Waals surface area contributed by atoms with Gasteiger partial charge in [0.1, 0.15) is 15.8 Å². The summed E-state index contributed by atoms with van der Waals surface area (Å²) in [6.07, 6.45) is 0. The van der Waals surface area contributed by atoms with Crippen molar-refractivity contribution in [2.75, 3.05) is 10.0 Å². The van der Waals surface area contributed by atoms with Crippen LogP contribution in [0.3, 0.4) is 0 Å². The number of sulfonamides is 1. The maximum Gasteiger partial charge on any atom is 0.336 e. The average Bonchev–Trinajstić information content (AvgIpc) is 2.94. The topological polar surface area (TPSA) is 113 Å². The van der Waals surface area contributed by atoms with Gasteiger partial charge in [-0.25, -0.2) is 22.0 Å². The molecule has 0 aliphatic heterocycles. The highest BCUT2D eigenvalue weighted by atomic mass is 32.2. The molecule has 0 spiro atoms. The number of hydrogen-bond acceptors (Lipinski definition) is 5. The number of hydrogen-bond donors (Lipinski definition) is 3. The molecule has 128 valence electrons. The van der Waals surface area contributed by atoms with E-state index in [2.05, 4.69) is 5.32 Å². The van der Waals surface area contributed by atoms with Crippen molar-refractivity contribution in [3.63, 3.8) is 0 Å². The van der Waals surface area contributed by atoms with E-state index in [1.807, 2.05) is 4.72 Å². The predicted octanol–water partition coefficient (Wildman–Crippen LogP) is 2.48. The number of carbonyl (C=O) groups is 2. The Balaban J connectivity index is 2.38. The highest BCUT2D eigenvalue weighted by molar-refractivity contribution is 7.94. The zero-order valence-corrected chi connectivity index (χ0v) is 13.6. The number of halogens is 2. The summed E-state index contributed by atoms with van der Waals surface area (Å²) in [4.78, 5) is 21.8. The number of nitrogens with one attached hydrogen (secondary N) is 2. The monoisotopic (exact) mass is 376 g/mol. The summed E-state index contributed by atoms with van der Waals surface area (Å²) in [7, 11) is -4.28. The van der Waals surface area contributed by atoms with Crippen LogP contribution >= 0.6 is 11.3 Å². The molecule has 0 aliphatic rings. The number of benzene rings is 1. The number of thiophene rings is 1. The molecule has 2 aromatic rings. The van der Waals surface area contributed by atoms with Gasteiger partial charge in [0.25, 0.3) is 10.0 Å². The van der Waals surface area contributed by atoms with E-state index in [9.17, 15) is 26.8 Å². The zero-order chi connectivity index (χ0) is 18.1. The minimum absolute atomic E-state index is 0.237. The summed E-state index contributed by atoms with van der Waals surface area (Å²) >= 11 is 0.630. The average molecular weight is 376 g/mol. The van der Waals surface area contributed by atoms with E-state index in [1.165, 1.54) is 0 Å². The van der Waals surface area contributed by atoms with Crippen LogP contribution in [0.2, 0.25) is 0 Å². The first kappa shape index (κ1) is 17.8. The molecule has 11 heteroatoms. The van der Waals surface area contributed by atoms with Gasteiger partial charge in [-0.2, -0.15) is 0 Å². The molecule has 1 aromatic carbocycles. The van der Waals surface area contributed by atoms with Crippen LogP contribution in [0, 0.1) is 11.6 Å². The molecule has 0 saturated carbocycles. The first-order valence-corrected chi connectivity index (χ1v) is 8.57. The Morgan fingerprint density at radius 3 is 2.29 bits per heavy atom. The first-order valence-electron chi connectivity index (χ1n) is 6.21. The van der Waals surface area contributed by atoms with Gasteiger partial charge >= 0.3 is 5.97 Å².